The van der Waals surface area contributed by atoms with Gasteiger partial charge in [-0.05, 0) is 6.92 Å². The number of carbonyl (C=O) groups is 1. The summed E-state index contributed by atoms with van der Waals surface area (Å²) in [7, 11) is 1.72. The maximum Gasteiger partial charge on any atom is 0.317 e. The number of hydrogen-bond donors (Lipinski definition) is 1. The highest BCUT2D eigenvalue weighted by molar-refractivity contribution is 5.73. The van der Waals surface area contributed by atoms with Crippen LogP contribution in [0.4, 0.5) is 4.79 Å². The summed E-state index contributed by atoms with van der Waals surface area (Å²) in [5.74, 6) is 0.636. The van der Waals surface area contributed by atoms with Gasteiger partial charge in [0.2, 0.25) is 0 Å². The fourth-order valence-electron chi connectivity index (χ4n) is 1.83. The van der Waals surface area contributed by atoms with Crippen molar-refractivity contribution in [1.29, 1.82) is 0 Å². The van der Waals surface area contributed by atoms with Crippen molar-refractivity contribution in [2.45, 2.75) is 19.6 Å². The Labute approximate surface area is 111 Å². The van der Waals surface area contributed by atoms with Crippen LogP contribution in [-0.2, 0) is 16.0 Å². The third-order valence-electron chi connectivity index (χ3n) is 2.80. The van der Waals surface area contributed by atoms with Gasteiger partial charge in [-0.25, -0.2) is 4.79 Å². The first-order chi connectivity index (χ1) is 9.15. The molecule has 0 aliphatic carbocycles. The smallest absolute Gasteiger partial charge is 0.317 e. The molecule has 7 nitrogen and oxygen atoms in total. The van der Waals surface area contributed by atoms with Gasteiger partial charge in [-0.3, -0.25) is 0 Å². The molecule has 1 aromatic heterocycles. The van der Waals surface area contributed by atoms with E-state index in [2.05, 4.69) is 10.5 Å². The van der Waals surface area contributed by atoms with E-state index in [9.17, 15) is 4.79 Å². The van der Waals surface area contributed by atoms with Crippen LogP contribution in [-0.4, -0.2) is 55.6 Å². The van der Waals surface area contributed by atoms with E-state index in [0.29, 0.717) is 38.7 Å². The number of likely N-dealkylation sites (N-methyl/N-ethyl adjacent to an activating group) is 1. The zero-order chi connectivity index (χ0) is 13.7. The van der Waals surface area contributed by atoms with Crippen LogP contribution >= 0.6 is 0 Å². The van der Waals surface area contributed by atoms with E-state index in [-0.39, 0.29) is 12.1 Å². The molecule has 1 fully saturated rings. The van der Waals surface area contributed by atoms with Crippen molar-refractivity contribution in [1.82, 2.24) is 15.4 Å². The van der Waals surface area contributed by atoms with Crippen molar-refractivity contribution in [2.75, 3.05) is 33.4 Å². The highest BCUT2D eigenvalue weighted by atomic mass is 16.6. The van der Waals surface area contributed by atoms with Crippen molar-refractivity contribution >= 4 is 6.03 Å². The summed E-state index contributed by atoms with van der Waals surface area (Å²) < 4.78 is 15.8. The number of nitrogens with zero attached hydrogens (tertiary/aromatic N) is 2. The number of amides is 2. The predicted octanol–water partition coefficient (Wildman–Crippen LogP) is 0.540. The van der Waals surface area contributed by atoms with E-state index in [1.54, 1.807) is 18.0 Å². The molecule has 0 radical (unpaired) electrons. The molecule has 7 heteroatoms. The van der Waals surface area contributed by atoms with Crippen LogP contribution < -0.4 is 5.32 Å². The molecule has 1 atom stereocenters. The average Bonchev–Trinajstić information content (AvgIpc) is 2.83. The minimum atomic E-state index is -0.178. The van der Waals surface area contributed by atoms with Crippen LogP contribution in [0.3, 0.4) is 0 Å². The summed E-state index contributed by atoms with van der Waals surface area (Å²) in [4.78, 5) is 13.4. The zero-order valence-electron chi connectivity index (χ0n) is 11.2. The molecule has 2 heterocycles. The van der Waals surface area contributed by atoms with Crippen molar-refractivity contribution < 1.29 is 18.8 Å². The third kappa shape index (κ3) is 4.22. The Morgan fingerprint density at radius 1 is 1.58 bits per heavy atom. The largest absolute Gasteiger partial charge is 0.376 e. The SMILES string of the molecule is Cc1cc(CNC(=O)N(C)C[C@H]2COCCO2)on1. The molecule has 2 rings (SSSR count). The van der Waals surface area contributed by atoms with Gasteiger partial charge in [0.1, 0.15) is 0 Å². The minimum absolute atomic E-state index is 0.0583. The summed E-state index contributed by atoms with van der Waals surface area (Å²) in [5.41, 5.74) is 0.797. The lowest BCUT2D eigenvalue weighted by molar-refractivity contribution is -0.0928. The fraction of sp³-hybridized carbons (Fsp3) is 0.667. The van der Waals surface area contributed by atoms with Gasteiger partial charge in [0.25, 0.3) is 0 Å². The second-order valence-corrected chi connectivity index (χ2v) is 4.54. The third-order valence-corrected chi connectivity index (χ3v) is 2.80. The number of carbonyl (C=O) groups excluding carboxylic acids is 1. The standard InChI is InChI=1S/C12H19N3O4/c1-9-5-10(19-14-9)6-13-12(16)15(2)7-11-8-17-3-4-18-11/h5,11H,3-4,6-8H2,1-2H3,(H,13,16)/t11-/m0/s1. The number of ether oxygens (including phenoxy) is 2. The molecule has 0 spiro atoms. The van der Waals surface area contributed by atoms with E-state index < -0.39 is 0 Å². The van der Waals surface area contributed by atoms with E-state index in [1.807, 2.05) is 6.92 Å². The van der Waals surface area contributed by atoms with Gasteiger partial charge in [-0.2, -0.15) is 0 Å². The Hall–Kier alpha value is -1.60. The first-order valence-electron chi connectivity index (χ1n) is 6.25. The lowest BCUT2D eigenvalue weighted by Gasteiger charge is -2.27. The molecule has 19 heavy (non-hydrogen) atoms. The molecule has 0 aromatic carbocycles. The summed E-state index contributed by atoms with van der Waals surface area (Å²) in [6.07, 6.45) is -0.0583. The molecule has 2 amide bonds. The zero-order valence-corrected chi connectivity index (χ0v) is 11.2. The second kappa shape index (κ2) is 6.53. The Morgan fingerprint density at radius 2 is 2.42 bits per heavy atom. The highest BCUT2D eigenvalue weighted by Gasteiger charge is 2.19. The van der Waals surface area contributed by atoms with Gasteiger partial charge >= 0.3 is 6.03 Å². The van der Waals surface area contributed by atoms with Crippen LogP contribution in [0.2, 0.25) is 0 Å². The lowest BCUT2D eigenvalue weighted by atomic mass is 10.3. The van der Waals surface area contributed by atoms with E-state index in [4.69, 9.17) is 14.0 Å². The first kappa shape index (κ1) is 13.8. The summed E-state index contributed by atoms with van der Waals surface area (Å²) in [6.45, 7) is 4.39. The number of hydrogen-bond acceptors (Lipinski definition) is 5. The van der Waals surface area contributed by atoms with Crippen molar-refractivity contribution in [3.8, 4) is 0 Å². The van der Waals surface area contributed by atoms with Crippen LogP contribution in [0.5, 0.6) is 0 Å². The van der Waals surface area contributed by atoms with E-state index in [1.165, 1.54) is 0 Å². The Balaban J connectivity index is 1.72. The highest BCUT2D eigenvalue weighted by Crippen LogP contribution is 2.04. The van der Waals surface area contributed by atoms with Gasteiger partial charge in [-0.1, -0.05) is 5.16 Å². The topological polar surface area (TPSA) is 76.8 Å². The molecular weight excluding hydrogens is 250 g/mol. The maximum atomic E-state index is 11.9. The number of rotatable bonds is 4. The maximum absolute atomic E-state index is 11.9. The fourth-order valence-corrected chi connectivity index (χ4v) is 1.83. The van der Waals surface area contributed by atoms with Gasteiger partial charge < -0.3 is 24.2 Å². The minimum Gasteiger partial charge on any atom is -0.376 e. The molecule has 0 saturated carbocycles. The van der Waals surface area contributed by atoms with Crippen molar-refractivity contribution in [3.63, 3.8) is 0 Å². The molecule has 0 bridgehead atoms. The second-order valence-electron chi connectivity index (χ2n) is 4.54. The molecule has 1 aromatic rings. The number of urea groups is 1. The van der Waals surface area contributed by atoms with E-state index in [0.717, 1.165) is 5.69 Å². The number of nitrogens with one attached hydrogen (secondary N) is 1. The van der Waals surface area contributed by atoms with Gasteiger partial charge in [0.05, 0.1) is 44.7 Å². The monoisotopic (exact) mass is 269 g/mol. The Kier molecular flexibility index (Phi) is 4.75. The van der Waals surface area contributed by atoms with E-state index >= 15 is 0 Å². The van der Waals surface area contributed by atoms with Crippen molar-refractivity contribution in [2.24, 2.45) is 0 Å². The summed E-state index contributed by atoms with van der Waals surface area (Å²) in [5, 5.41) is 6.52. The van der Waals surface area contributed by atoms with Gasteiger partial charge in [0.15, 0.2) is 5.76 Å². The molecular formula is C12H19N3O4. The lowest BCUT2D eigenvalue weighted by Crippen LogP contribution is -2.44. The predicted molar refractivity (Wildman–Crippen MR) is 66.7 cm³/mol. The molecule has 1 saturated heterocycles. The van der Waals surface area contributed by atoms with Crippen LogP contribution in [0, 0.1) is 6.92 Å². The quantitative estimate of drug-likeness (QED) is 0.863. The summed E-state index contributed by atoms with van der Waals surface area (Å²) in [6, 6.07) is 1.61. The van der Waals surface area contributed by atoms with Crippen LogP contribution in [0.15, 0.2) is 10.6 Å². The number of aromatic nitrogens is 1. The normalized spacial score (nSPS) is 19.2. The van der Waals surface area contributed by atoms with Crippen molar-refractivity contribution in [3.05, 3.63) is 17.5 Å². The average molecular weight is 269 g/mol. The molecule has 0 unspecified atom stereocenters. The Bertz CT molecular complexity index is 415. The van der Waals surface area contributed by atoms with Crippen LogP contribution in [0.1, 0.15) is 11.5 Å². The Morgan fingerprint density at radius 3 is 3.05 bits per heavy atom. The molecule has 106 valence electrons. The molecule has 1 N–H and O–H groups in total. The molecule has 1 aliphatic rings. The summed E-state index contributed by atoms with van der Waals surface area (Å²) >= 11 is 0. The molecule has 1 aliphatic heterocycles. The van der Waals surface area contributed by atoms with Crippen LogP contribution in [0.25, 0.3) is 0 Å². The van der Waals surface area contributed by atoms with Gasteiger partial charge in [0, 0.05) is 13.1 Å². The first-order valence-corrected chi connectivity index (χ1v) is 6.25. The number of aryl methyl sites for hydroxylation is 1. The van der Waals surface area contributed by atoms with Gasteiger partial charge in [-0.15, -0.1) is 0 Å².